The Morgan fingerprint density at radius 2 is 2.06 bits per heavy atom. The van der Waals surface area contributed by atoms with Crippen LogP contribution in [0.5, 0.6) is 0 Å². The number of anilines is 1. The van der Waals surface area contributed by atoms with Crippen molar-refractivity contribution in [2.24, 2.45) is 0 Å². The Labute approximate surface area is 111 Å². The third-order valence-electron chi connectivity index (χ3n) is 3.13. The first kappa shape index (κ1) is 14.9. The molecule has 0 saturated heterocycles. The topological polar surface area (TPSA) is 66.6 Å². The molecule has 5 nitrogen and oxygen atoms in total. The number of rotatable bonds is 6. The first-order valence-corrected chi connectivity index (χ1v) is 6.92. The predicted molar refractivity (Wildman–Crippen MR) is 74.4 cm³/mol. The van der Waals surface area contributed by atoms with Crippen LogP contribution < -0.4 is 4.90 Å². The summed E-state index contributed by atoms with van der Waals surface area (Å²) in [6, 6.07) is 1.76. The normalized spacial score (nSPS) is 12.8. The van der Waals surface area contributed by atoms with Crippen LogP contribution in [0.2, 0.25) is 0 Å². The Balaban J connectivity index is 3.16. The zero-order chi connectivity index (χ0) is 13.9. The molecular formula is C12H20N2O3S. The molecule has 1 rings (SSSR count). The van der Waals surface area contributed by atoms with Gasteiger partial charge in [-0.2, -0.15) is 0 Å². The minimum absolute atomic E-state index is 0.0882. The molecule has 0 aliphatic carbocycles. The van der Waals surface area contributed by atoms with E-state index in [-0.39, 0.29) is 16.7 Å². The van der Waals surface area contributed by atoms with Gasteiger partial charge in [0, 0.05) is 24.0 Å². The molecule has 102 valence electrons. The van der Waals surface area contributed by atoms with Crippen molar-refractivity contribution in [1.29, 1.82) is 0 Å². The van der Waals surface area contributed by atoms with Crippen molar-refractivity contribution in [3.8, 4) is 0 Å². The number of hydrogen-bond donors (Lipinski definition) is 1. The highest BCUT2D eigenvalue weighted by Crippen LogP contribution is 2.40. The number of nitro groups is 1. The summed E-state index contributed by atoms with van der Waals surface area (Å²) in [5, 5.41) is 21.2. The van der Waals surface area contributed by atoms with E-state index in [4.69, 9.17) is 0 Å². The average Bonchev–Trinajstić information content (AvgIpc) is 2.75. The van der Waals surface area contributed by atoms with Crippen molar-refractivity contribution < 1.29 is 10.0 Å². The van der Waals surface area contributed by atoms with E-state index in [9.17, 15) is 15.2 Å². The van der Waals surface area contributed by atoms with Crippen LogP contribution in [0.3, 0.4) is 0 Å². The van der Waals surface area contributed by atoms with Gasteiger partial charge in [-0.15, -0.1) is 11.3 Å². The zero-order valence-corrected chi connectivity index (χ0v) is 12.0. The molecule has 18 heavy (non-hydrogen) atoms. The largest absolute Gasteiger partial charge is 0.388 e. The summed E-state index contributed by atoms with van der Waals surface area (Å²) in [4.78, 5) is 13.3. The predicted octanol–water partition coefficient (Wildman–Crippen LogP) is 3.33. The molecular weight excluding hydrogens is 252 g/mol. The first-order chi connectivity index (χ1) is 8.42. The quantitative estimate of drug-likeness (QED) is 0.637. The monoisotopic (exact) mass is 272 g/mol. The van der Waals surface area contributed by atoms with E-state index in [2.05, 4.69) is 13.8 Å². The molecule has 0 aromatic carbocycles. The summed E-state index contributed by atoms with van der Waals surface area (Å²) in [6.45, 7) is 5.76. The molecule has 0 aliphatic heterocycles. The van der Waals surface area contributed by atoms with E-state index in [1.165, 1.54) is 17.4 Å². The molecule has 0 fully saturated rings. The van der Waals surface area contributed by atoms with Gasteiger partial charge in [-0.3, -0.25) is 10.1 Å². The molecule has 0 unspecified atom stereocenters. The van der Waals surface area contributed by atoms with E-state index in [1.807, 2.05) is 11.9 Å². The van der Waals surface area contributed by atoms with E-state index < -0.39 is 6.10 Å². The highest BCUT2D eigenvalue weighted by Gasteiger charge is 2.26. The molecule has 1 N–H and O–H groups in total. The fraction of sp³-hybridized carbons (Fsp3) is 0.667. The maximum Gasteiger partial charge on any atom is 0.304 e. The molecule has 1 atom stereocenters. The zero-order valence-electron chi connectivity index (χ0n) is 11.2. The third-order valence-corrected chi connectivity index (χ3v) is 4.52. The number of aliphatic hydroxyl groups excluding tert-OH is 1. The molecule has 1 aromatic rings. The van der Waals surface area contributed by atoms with E-state index in [1.54, 1.807) is 6.92 Å². The van der Waals surface area contributed by atoms with Crippen molar-refractivity contribution >= 4 is 22.0 Å². The molecule has 0 aliphatic rings. The van der Waals surface area contributed by atoms with Crippen molar-refractivity contribution in [1.82, 2.24) is 0 Å². The van der Waals surface area contributed by atoms with Gasteiger partial charge in [0.05, 0.1) is 11.0 Å². The minimum Gasteiger partial charge on any atom is -0.388 e. The van der Waals surface area contributed by atoms with E-state index >= 15 is 0 Å². The smallest absolute Gasteiger partial charge is 0.304 e. The summed E-state index contributed by atoms with van der Waals surface area (Å²) in [7, 11) is 1.88. The summed E-state index contributed by atoms with van der Waals surface area (Å²) in [5.41, 5.74) is 0.0882. The molecule has 0 spiro atoms. The molecule has 6 heteroatoms. The Hall–Kier alpha value is -1.14. The fourth-order valence-corrected chi connectivity index (χ4v) is 3.08. The van der Waals surface area contributed by atoms with Crippen molar-refractivity contribution in [3.05, 3.63) is 21.1 Å². The summed E-state index contributed by atoms with van der Waals surface area (Å²) in [5.74, 6) is 0. The third kappa shape index (κ3) is 3.00. The van der Waals surface area contributed by atoms with Crippen LogP contribution in [0.4, 0.5) is 10.7 Å². The van der Waals surface area contributed by atoms with Crippen molar-refractivity contribution in [2.45, 2.75) is 45.8 Å². The number of nitrogens with zero attached hydrogens (tertiary/aromatic N) is 2. The maximum absolute atomic E-state index is 11.1. The van der Waals surface area contributed by atoms with Crippen LogP contribution in [0.15, 0.2) is 6.07 Å². The summed E-state index contributed by atoms with van der Waals surface area (Å²) < 4.78 is 0. The fourth-order valence-electron chi connectivity index (χ4n) is 1.98. The van der Waals surface area contributed by atoms with Gasteiger partial charge in [0.2, 0.25) is 0 Å². The average molecular weight is 272 g/mol. The summed E-state index contributed by atoms with van der Waals surface area (Å²) in [6.07, 6.45) is 1.20. The van der Waals surface area contributed by atoms with Gasteiger partial charge in [-0.1, -0.05) is 13.8 Å². The SMILES string of the molecule is CCC(CC)N(C)c1sc([C@@H](C)O)cc1[N+](=O)[O-]. The van der Waals surface area contributed by atoms with Crippen LogP contribution in [-0.4, -0.2) is 23.1 Å². The highest BCUT2D eigenvalue weighted by atomic mass is 32.1. The van der Waals surface area contributed by atoms with E-state index in [0.29, 0.717) is 9.88 Å². The Bertz CT molecular complexity index is 413. The van der Waals surface area contributed by atoms with Crippen LogP contribution >= 0.6 is 11.3 Å². The number of hydrogen-bond acceptors (Lipinski definition) is 5. The second kappa shape index (κ2) is 6.15. The number of thiophene rings is 1. The lowest BCUT2D eigenvalue weighted by molar-refractivity contribution is -0.383. The van der Waals surface area contributed by atoms with E-state index in [0.717, 1.165) is 12.8 Å². The standard InChI is InChI=1S/C12H20N2O3S/c1-5-9(6-2)13(4)12-10(14(16)17)7-11(18-12)8(3)15/h7-9,15H,5-6H2,1-4H3/t8-/m1/s1. The lowest BCUT2D eigenvalue weighted by Crippen LogP contribution is -2.29. The van der Waals surface area contributed by atoms with Crippen LogP contribution in [0.25, 0.3) is 0 Å². The number of aliphatic hydroxyl groups is 1. The lowest BCUT2D eigenvalue weighted by atomic mass is 10.1. The van der Waals surface area contributed by atoms with Crippen LogP contribution in [-0.2, 0) is 0 Å². The first-order valence-electron chi connectivity index (χ1n) is 6.11. The van der Waals surface area contributed by atoms with Crippen LogP contribution in [0.1, 0.15) is 44.6 Å². The van der Waals surface area contributed by atoms with Crippen molar-refractivity contribution in [2.75, 3.05) is 11.9 Å². The Morgan fingerprint density at radius 3 is 2.44 bits per heavy atom. The van der Waals surface area contributed by atoms with Gasteiger partial charge < -0.3 is 10.0 Å². The van der Waals surface area contributed by atoms with Gasteiger partial charge >= 0.3 is 5.69 Å². The second-order valence-corrected chi connectivity index (χ2v) is 5.42. The van der Waals surface area contributed by atoms with Gasteiger partial charge in [-0.05, 0) is 19.8 Å². The minimum atomic E-state index is -0.669. The molecule has 0 bridgehead atoms. The van der Waals surface area contributed by atoms with Crippen LogP contribution in [0, 0.1) is 10.1 Å². The molecule has 1 aromatic heterocycles. The van der Waals surface area contributed by atoms with Gasteiger partial charge in [0.25, 0.3) is 0 Å². The maximum atomic E-state index is 11.1. The Morgan fingerprint density at radius 1 is 1.50 bits per heavy atom. The van der Waals surface area contributed by atoms with Crippen molar-refractivity contribution in [3.63, 3.8) is 0 Å². The Kier molecular flexibility index (Phi) is 5.10. The van der Waals surface area contributed by atoms with Gasteiger partial charge in [-0.25, -0.2) is 0 Å². The molecule has 0 saturated carbocycles. The van der Waals surface area contributed by atoms with Gasteiger partial charge in [0.15, 0.2) is 5.00 Å². The second-order valence-electron chi connectivity index (χ2n) is 4.35. The highest BCUT2D eigenvalue weighted by molar-refractivity contribution is 7.16. The molecule has 0 amide bonds. The lowest BCUT2D eigenvalue weighted by Gasteiger charge is -2.26. The molecule has 1 heterocycles. The summed E-state index contributed by atoms with van der Waals surface area (Å²) >= 11 is 1.30. The van der Waals surface area contributed by atoms with Gasteiger partial charge in [0.1, 0.15) is 0 Å². The molecule has 0 radical (unpaired) electrons.